The van der Waals surface area contributed by atoms with Gasteiger partial charge < -0.3 is 15.8 Å². The summed E-state index contributed by atoms with van der Waals surface area (Å²) in [5.74, 6) is 1.29. The zero-order chi connectivity index (χ0) is 19.2. The molecule has 0 unspecified atom stereocenters. The molecule has 8 heteroatoms. The topological polar surface area (TPSA) is 95.1 Å². The van der Waals surface area contributed by atoms with Gasteiger partial charge in [-0.2, -0.15) is 0 Å². The Kier molecular flexibility index (Phi) is 5.97. The fourth-order valence-corrected chi connectivity index (χ4v) is 3.20. The summed E-state index contributed by atoms with van der Waals surface area (Å²) in [6, 6.07) is 15.7. The number of hydrogen-bond donors (Lipinski definition) is 2. The predicted molar refractivity (Wildman–Crippen MR) is 106 cm³/mol. The highest BCUT2D eigenvalue weighted by Crippen LogP contribution is 2.23. The van der Waals surface area contributed by atoms with Gasteiger partial charge in [-0.25, -0.2) is 0 Å². The molecule has 0 bridgehead atoms. The van der Waals surface area contributed by atoms with E-state index in [2.05, 4.69) is 15.5 Å². The highest BCUT2D eigenvalue weighted by molar-refractivity contribution is 7.99. The van der Waals surface area contributed by atoms with Gasteiger partial charge in [-0.1, -0.05) is 29.5 Å². The highest BCUT2D eigenvalue weighted by Gasteiger charge is 2.15. The lowest BCUT2D eigenvalue weighted by Gasteiger charge is -2.12. The van der Waals surface area contributed by atoms with Crippen molar-refractivity contribution in [1.82, 2.24) is 14.8 Å². The fraction of sp³-hybridized carbons (Fsp3) is 0.211. The molecule has 1 amide bonds. The van der Waals surface area contributed by atoms with Crippen LogP contribution in [-0.4, -0.2) is 33.5 Å². The van der Waals surface area contributed by atoms with E-state index in [0.717, 1.165) is 28.5 Å². The minimum atomic E-state index is -0.392. The SMILES string of the molecule is COc1ccc(NCc2nnc(SCC(N)=O)n2-c2ccc(C)cc2)cc1. The average Bonchev–Trinajstić information content (AvgIpc) is 3.08. The van der Waals surface area contributed by atoms with Crippen molar-refractivity contribution in [3.05, 3.63) is 59.9 Å². The van der Waals surface area contributed by atoms with E-state index in [1.165, 1.54) is 11.8 Å². The molecule has 0 saturated carbocycles. The van der Waals surface area contributed by atoms with Gasteiger partial charge >= 0.3 is 0 Å². The van der Waals surface area contributed by atoms with E-state index in [4.69, 9.17) is 10.5 Å². The number of hydrogen-bond acceptors (Lipinski definition) is 6. The Hall–Kier alpha value is -3.00. The molecule has 0 fully saturated rings. The van der Waals surface area contributed by atoms with Crippen molar-refractivity contribution in [2.45, 2.75) is 18.6 Å². The Bertz CT molecular complexity index is 907. The van der Waals surface area contributed by atoms with Gasteiger partial charge in [0.25, 0.3) is 0 Å². The molecule has 3 rings (SSSR count). The summed E-state index contributed by atoms with van der Waals surface area (Å²) in [5.41, 5.74) is 8.32. The number of amides is 1. The third-order valence-electron chi connectivity index (χ3n) is 3.88. The number of nitrogens with one attached hydrogen (secondary N) is 1. The number of thioether (sulfide) groups is 1. The Balaban J connectivity index is 1.84. The number of ether oxygens (including phenoxy) is 1. The summed E-state index contributed by atoms with van der Waals surface area (Å²) in [6.45, 7) is 2.51. The lowest BCUT2D eigenvalue weighted by atomic mass is 10.2. The van der Waals surface area contributed by atoms with Crippen LogP contribution in [0.3, 0.4) is 0 Å². The van der Waals surface area contributed by atoms with Crippen LogP contribution in [0, 0.1) is 6.92 Å². The molecular weight excluding hydrogens is 362 g/mol. The molecule has 0 aliphatic carbocycles. The molecule has 0 saturated heterocycles. The van der Waals surface area contributed by atoms with Gasteiger partial charge in [0, 0.05) is 11.4 Å². The first kappa shape index (κ1) is 18.8. The molecule has 27 heavy (non-hydrogen) atoms. The van der Waals surface area contributed by atoms with Gasteiger partial charge in [0.05, 0.1) is 19.4 Å². The molecule has 140 valence electrons. The number of rotatable bonds is 8. The molecule has 0 aliphatic rings. The summed E-state index contributed by atoms with van der Waals surface area (Å²) in [7, 11) is 1.64. The van der Waals surface area contributed by atoms with Gasteiger partial charge in [-0.15, -0.1) is 10.2 Å². The van der Waals surface area contributed by atoms with Crippen LogP contribution in [0.4, 0.5) is 5.69 Å². The van der Waals surface area contributed by atoms with Crippen molar-refractivity contribution in [3.8, 4) is 11.4 Å². The van der Waals surface area contributed by atoms with Gasteiger partial charge in [0.2, 0.25) is 5.91 Å². The lowest BCUT2D eigenvalue weighted by molar-refractivity contribution is -0.115. The predicted octanol–water partition coefficient (Wildman–Crippen LogP) is 2.77. The van der Waals surface area contributed by atoms with E-state index in [0.29, 0.717) is 11.7 Å². The van der Waals surface area contributed by atoms with E-state index in [9.17, 15) is 4.79 Å². The van der Waals surface area contributed by atoms with Gasteiger partial charge in [-0.3, -0.25) is 9.36 Å². The van der Waals surface area contributed by atoms with Gasteiger partial charge in [0.1, 0.15) is 5.75 Å². The van der Waals surface area contributed by atoms with Crippen molar-refractivity contribution in [2.75, 3.05) is 18.2 Å². The molecule has 7 nitrogen and oxygen atoms in total. The summed E-state index contributed by atoms with van der Waals surface area (Å²) < 4.78 is 7.11. The summed E-state index contributed by atoms with van der Waals surface area (Å²) >= 11 is 1.27. The van der Waals surface area contributed by atoms with Crippen molar-refractivity contribution < 1.29 is 9.53 Å². The molecule has 0 atom stereocenters. The van der Waals surface area contributed by atoms with Crippen LogP contribution in [-0.2, 0) is 11.3 Å². The number of aromatic nitrogens is 3. The maximum atomic E-state index is 11.2. The average molecular weight is 383 g/mol. The molecule has 0 aliphatic heterocycles. The highest BCUT2D eigenvalue weighted by atomic mass is 32.2. The first-order chi connectivity index (χ1) is 13.1. The van der Waals surface area contributed by atoms with Gasteiger partial charge in [-0.05, 0) is 43.3 Å². The molecule has 3 aromatic rings. The minimum absolute atomic E-state index is 0.149. The second-order valence-electron chi connectivity index (χ2n) is 5.91. The zero-order valence-corrected chi connectivity index (χ0v) is 16.0. The Morgan fingerprint density at radius 1 is 1.15 bits per heavy atom. The quantitative estimate of drug-likeness (QED) is 0.581. The maximum absolute atomic E-state index is 11.2. The van der Waals surface area contributed by atoms with E-state index in [1.807, 2.05) is 60.0 Å². The number of nitrogens with zero attached hydrogens (tertiary/aromatic N) is 3. The molecule has 0 radical (unpaired) electrons. The van der Waals surface area contributed by atoms with E-state index >= 15 is 0 Å². The van der Waals surface area contributed by atoms with Crippen LogP contribution < -0.4 is 15.8 Å². The summed E-state index contributed by atoms with van der Waals surface area (Å²) in [5, 5.41) is 12.5. The largest absolute Gasteiger partial charge is 0.497 e. The maximum Gasteiger partial charge on any atom is 0.227 e. The van der Waals surface area contributed by atoms with Crippen molar-refractivity contribution >= 4 is 23.4 Å². The van der Waals surface area contributed by atoms with Crippen molar-refractivity contribution in [2.24, 2.45) is 5.73 Å². The minimum Gasteiger partial charge on any atom is -0.497 e. The lowest BCUT2D eigenvalue weighted by Crippen LogP contribution is -2.14. The van der Waals surface area contributed by atoms with E-state index in [-0.39, 0.29) is 5.75 Å². The standard InChI is InChI=1S/C19H21N5O2S/c1-13-3-7-15(8-4-13)24-18(22-23-19(24)27-12-17(20)25)11-21-14-5-9-16(26-2)10-6-14/h3-10,21H,11-12H2,1-2H3,(H2,20,25). The number of carbonyl (C=O) groups is 1. The molecule has 0 spiro atoms. The first-order valence-electron chi connectivity index (χ1n) is 8.37. The van der Waals surface area contributed by atoms with Crippen LogP contribution in [0.2, 0.25) is 0 Å². The van der Waals surface area contributed by atoms with Gasteiger partial charge in [0.15, 0.2) is 11.0 Å². The number of carbonyl (C=O) groups excluding carboxylic acids is 1. The number of methoxy groups -OCH3 is 1. The molecular formula is C19H21N5O2S. The number of nitrogens with two attached hydrogens (primary N) is 1. The number of anilines is 1. The van der Waals surface area contributed by atoms with Crippen LogP contribution >= 0.6 is 11.8 Å². The molecule has 3 N–H and O–H groups in total. The summed E-state index contributed by atoms with van der Waals surface area (Å²) in [4.78, 5) is 11.2. The number of benzene rings is 2. The Morgan fingerprint density at radius 2 is 1.85 bits per heavy atom. The second-order valence-corrected chi connectivity index (χ2v) is 6.85. The summed E-state index contributed by atoms with van der Waals surface area (Å²) in [6.07, 6.45) is 0. The molecule has 2 aromatic carbocycles. The normalized spacial score (nSPS) is 10.6. The molecule has 1 heterocycles. The van der Waals surface area contributed by atoms with Crippen LogP contribution in [0.25, 0.3) is 5.69 Å². The van der Waals surface area contributed by atoms with Crippen molar-refractivity contribution in [1.29, 1.82) is 0 Å². The van der Waals surface area contributed by atoms with Crippen LogP contribution in [0.15, 0.2) is 53.7 Å². The third-order valence-corrected chi connectivity index (χ3v) is 4.83. The second kappa shape index (κ2) is 8.59. The zero-order valence-electron chi connectivity index (χ0n) is 15.2. The number of primary amides is 1. The third kappa shape index (κ3) is 4.79. The van der Waals surface area contributed by atoms with E-state index in [1.54, 1.807) is 7.11 Å². The van der Waals surface area contributed by atoms with E-state index < -0.39 is 5.91 Å². The fourth-order valence-electron chi connectivity index (χ4n) is 2.49. The van der Waals surface area contributed by atoms with Crippen LogP contribution in [0.1, 0.15) is 11.4 Å². The Labute approximate surface area is 161 Å². The monoisotopic (exact) mass is 383 g/mol. The Morgan fingerprint density at radius 3 is 2.48 bits per heavy atom. The molecule has 1 aromatic heterocycles. The smallest absolute Gasteiger partial charge is 0.227 e. The first-order valence-corrected chi connectivity index (χ1v) is 9.35. The number of aryl methyl sites for hydroxylation is 1. The van der Waals surface area contributed by atoms with Crippen molar-refractivity contribution in [3.63, 3.8) is 0 Å². The van der Waals surface area contributed by atoms with Crippen LogP contribution in [0.5, 0.6) is 5.75 Å².